The highest BCUT2D eigenvalue weighted by atomic mass is 127. The van der Waals surface area contributed by atoms with E-state index in [9.17, 15) is 0 Å². The Balaban J connectivity index is 0.00000392. The second-order valence-electron chi connectivity index (χ2n) is 5.88. The number of guanidine groups is 1. The molecule has 0 aliphatic heterocycles. The summed E-state index contributed by atoms with van der Waals surface area (Å²) in [5.41, 5.74) is 2.22. The van der Waals surface area contributed by atoms with Crippen LogP contribution in [0.2, 0.25) is 0 Å². The number of methoxy groups -OCH3 is 3. The Morgan fingerprint density at radius 2 is 1.54 bits per heavy atom. The van der Waals surface area contributed by atoms with Crippen LogP contribution in [0.1, 0.15) is 18.1 Å². The molecule has 0 amide bonds. The van der Waals surface area contributed by atoms with Gasteiger partial charge in [-0.15, -0.1) is 24.0 Å². The Kier molecular flexibility index (Phi) is 11.2. The molecule has 0 spiro atoms. The molecule has 2 aromatic rings. The number of halogens is 1. The van der Waals surface area contributed by atoms with E-state index in [0.29, 0.717) is 18.0 Å². The van der Waals surface area contributed by atoms with E-state index in [1.165, 1.54) is 5.56 Å². The fraction of sp³-hybridized carbons (Fsp3) is 0.381. The first-order chi connectivity index (χ1) is 13.2. The van der Waals surface area contributed by atoms with Gasteiger partial charge in [-0.3, -0.25) is 0 Å². The molecule has 0 fully saturated rings. The summed E-state index contributed by atoms with van der Waals surface area (Å²) < 4.78 is 16.2. The highest BCUT2D eigenvalue weighted by molar-refractivity contribution is 14.0. The van der Waals surface area contributed by atoms with Crippen LogP contribution in [-0.2, 0) is 13.0 Å². The van der Waals surface area contributed by atoms with Gasteiger partial charge in [0.1, 0.15) is 5.75 Å². The zero-order chi connectivity index (χ0) is 19.5. The number of aliphatic imine (C=N–C) groups is 1. The Hall–Kier alpha value is -2.16. The van der Waals surface area contributed by atoms with Crippen molar-refractivity contribution in [3.05, 3.63) is 53.6 Å². The molecule has 7 heteroatoms. The first-order valence-electron chi connectivity index (χ1n) is 9.06. The lowest BCUT2D eigenvalue weighted by Crippen LogP contribution is -2.38. The van der Waals surface area contributed by atoms with E-state index in [-0.39, 0.29) is 24.0 Å². The maximum absolute atomic E-state index is 5.47. The quantitative estimate of drug-likeness (QED) is 0.314. The molecule has 154 valence electrons. The second-order valence-corrected chi connectivity index (χ2v) is 5.88. The van der Waals surface area contributed by atoms with E-state index in [1.807, 2.05) is 25.1 Å². The van der Waals surface area contributed by atoms with Gasteiger partial charge in [0.25, 0.3) is 0 Å². The minimum absolute atomic E-state index is 0. The lowest BCUT2D eigenvalue weighted by molar-refractivity contribution is 0.347. The molecule has 2 aromatic carbocycles. The van der Waals surface area contributed by atoms with Gasteiger partial charge in [0.2, 0.25) is 0 Å². The first kappa shape index (κ1) is 23.9. The van der Waals surface area contributed by atoms with Crippen LogP contribution < -0.4 is 24.8 Å². The van der Waals surface area contributed by atoms with Gasteiger partial charge in [0.15, 0.2) is 17.5 Å². The highest BCUT2D eigenvalue weighted by Crippen LogP contribution is 2.34. The molecule has 0 radical (unpaired) electrons. The molecule has 0 unspecified atom stereocenters. The van der Waals surface area contributed by atoms with Crippen LogP contribution in [0.5, 0.6) is 17.2 Å². The van der Waals surface area contributed by atoms with Crippen LogP contribution in [-0.4, -0.2) is 40.4 Å². The molecule has 2 N–H and O–H groups in total. The van der Waals surface area contributed by atoms with Gasteiger partial charge in [-0.2, -0.15) is 0 Å². The van der Waals surface area contributed by atoms with Crippen molar-refractivity contribution < 1.29 is 14.2 Å². The summed E-state index contributed by atoms with van der Waals surface area (Å²) in [5.74, 6) is 2.78. The lowest BCUT2D eigenvalue weighted by atomic mass is 10.1. The molecule has 0 atom stereocenters. The average Bonchev–Trinajstić information content (AvgIpc) is 2.72. The Morgan fingerprint density at radius 3 is 2.14 bits per heavy atom. The predicted octanol–water partition coefficient (Wildman–Crippen LogP) is 3.63. The normalized spacial score (nSPS) is 10.6. The number of hydrogen-bond acceptors (Lipinski definition) is 4. The third-order valence-electron chi connectivity index (χ3n) is 4.09. The Bertz CT molecular complexity index is 739. The average molecular weight is 499 g/mol. The van der Waals surface area contributed by atoms with E-state index in [0.717, 1.165) is 36.8 Å². The minimum atomic E-state index is 0. The monoisotopic (exact) mass is 499 g/mol. The van der Waals surface area contributed by atoms with E-state index >= 15 is 0 Å². The van der Waals surface area contributed by atoms with E-state index in [4.69, 9.17) is 14.2 Å². The molecule has 0 saturated carbocycles. The zero-order valence-corrected chi connectivity index (χ0v) is 19.3. The third kappa shape index (κ3) is 7.10. The molecule has 0 heterocycles. The SMILES string of the molecule is CCNC(=NCc1cc(OC)c(OC)cc1OC)NCCc1ccccc1.I. The van der Waals surface area contributed by atoms with Crippen LogP contribution in [0.25, 0.3) is 0 Å². The van der Waals surface area contributed by atoms with Crippen LogP contribution in [0.3, 0.4) is 0 Å². The largest absolute Gasteiger partial charge is 0.496 e. The van der Waals surface area contributed by atoms with Crippen molar-refractivity contribution in [1.29, 1.82) is 0 Å². The van der Waals surface area contributed by atoms with Crippen LogP contribution in [0.4, 0.5) is 0 Å². The van der Waals surface area contributed by atoms with Crippen molar-refractivity contribution in [2.75, 3.05) is 34.4 Å². The van der Waals surface area contributed by atoms with Gasteiger partial charge in [-0.25, -0.2) is 4.99 Å². The molecule has 0 bridgehead atoms. The number of rotatable bonds is 9. The van der Waals surface area contributed by atoms with E-state index in [1.54, 1.807) is 21.3 Å². The molecule has 0 aliphatic rings. The number of ether oxygens (including phenoxy) is 3. The van der Waals surface area contributed by atoms with Crippen molar-refractivity contribution in [2.24, 2.45) is 4.99 Å². The maximum Gasteiger partial charge on any atom is 0.191 e. The number of hydrogen-bond donors (Lipinski definition) is 2. The van der Waals surface area contributed by atoms with Crippen LogP contribution in [0, 0.1) is 0 Å². The van der Waals surface area contributed by atoms with Gasteiger partial charge in [-0.05, 0) is 25.0 Å². The van der Waals surface area contributed by atoms with Crippen molar-refractivity contribution >= 4 is 29.9 Å². The van der Waals surface area contributed by atoms with Crippen molar-refractivity contribution in [3.63, 3.8) is 0 Å². The zero-order valence-electron chi connectivity index (χ0n) is 17.0. The number of benzene rings is 2. The van der Waals surface area contributed by atoms with E-state index in [2.05, 4.69) is 39.9 Å². The van der Waals surface area contributed by atoms with Crippen molar-refractivity contribution in [1.82, 2.24) is 10.6 Å². The van der Waals surface area contributed by atoms with Gasteiger partial charge < -0.3 is 24.8 Å². The third-order valence-corrected chi connectivity index (χ3v) is 4.09. The fourth-order valence-electron chi connectivity index (χ4n) is 2.69. The summed E-state index contributed by atoms with van der Waals surface area (Å²) in [6.07, 6.45) is 0.935. The van der Waals surface area contributed by atoms with Gasteiger partial charge >= 0.3 is 0 Å². The molecule has 2 rings (SSSR count). The fourth-order valence-corrected chi connectivity index (χ4v) is 2.69. The van der Waals surface area contributed by atoms with Crippen LogP contribution >= 0.6 is 24.0 Å². The summed E-state index contributed by atoms with van der Waals surface area (Å²) in [4.78, 5) is 4.67. The van der Waals surface area contributed by atoms with Gasteiger partial charge in [0, 0.05) is 24.7 Å². The number of nitrogens with zero attached hydrogens (tertiary/aromatic N) is 1. The summed E-state index contributed by atoms with van der Waals surface area (Å²) in [7, 11) is 4.86. The molecule has 0 aromatic heterocycles. The minimum Gasteiger partial charge on any atom is -0.496 e. The summed E-state index contributed by atoms with van der Waals surface area (Å²) in [6, 6.07) is 14.1. The van der Waals surface area contributed by atoms with Crippen molar-refractivity contribution in [2.45, 2.75) is 19.9 Å². The van der Waals surface area contributed by atoms with Crippen molar-refractivity contribution in [3.8, 4) is 17.2 Å². The molecule has 0 saturated heterocycles. The predicted molar refractivity (Wildman–Crippen MR) is 124 cm³/mol. The summed E-state index contributed by atoms with van der Waals surface area (Å²) in [6.45, 7) is 4.11. The summed E-state index contributed by atoms with van der Waals surface area (Å²) in [5, 5.41) is 6.64. The molecule has 28 heavy (non-hydrogen) atoms. The Morgan fingerprint density at radius 1 is 0.893 bits per heavy atom. The molecule has 6 nitrogen and oxygen atoms in total. The summed E-state index contributed by atoms with van der Waals surface area (Å²) >= 11 is 0. The number of nitrogens with one attached hydrogen (secondary N) is 2. The molecular formula is C21H30IN3O3. The van der Waals surface area contributed by atoms with Crippen LogP contribution in [0.15, 0.2) is 47.5 Å². The highest BCUT2D eigenvalue weighted by Gasteiger charge is 2.11. The topological polar surface area (TPSA) is 64.1 Å². The second kappa shape index (κ2) is 13.1. The maximum atomic E-state index is 5.47. The first-order valence-corrected chi connectivity index (χ1v) is 9.06. The van der Waals surface area contributed by atoms with E-state index < -0.39 is 0 Å². The Labute approximate surface area is 184 Å². The molecular weight excluding hydrogens is 469 g/mol. The molecule has 0 aliphatic carbocycles. The smallest absolute Gasteiger partial charge is 0.191 e. The van der Waals surface area contributed by atoms with Gasteiger partial charge in [0.05, 0.1) is 27.9 Å². The van der Waals surface area contributed by atoms with Gasteiger partial charge in [-0.1, -0.05) is 30.3 Å². The lowest BCUT2D eigenvalue weighted by Gasteiger charge is -2.14. The standard InChI is InChI=1S/C21H29N3O3.HI/c1-5-22-21(23-12-11-16-9-7-6-8-10-16)24-15-17-13-19(26-3)20(27-4)14-18(17)25-2;/h6-10,13-14H,5,11-12,15H2,1-4H3,(H2,22,23,24);1H.